The van der Waals surface area contributed by atoms with Gasteiger partial charge in [0.05, 0.1) is 0 Å². The monoisotopic (exact) mass is 358 g/mol. The zero-order chi connectivity index (χ0) is 13.1. The molecule has 0 radical (unpaired) electrons. The molecule has 18 heavy (non-hydrogen) atoms. The molecule has 1 aromatic heterocycles. The van der Waals surface area contributed by atoms with E-state index in [4.69, 9.17) is 10.3 Å². The van der Waals surface area contributed by atoms with Crippen LogP contribution in [0.1, 0.15) is 13.8 Å². The van der Waals surface area contributed by atoms with E-state index in [-0.39, 0.29) is 0 Å². The maximum Gasteiger partial charge on any atom is 0.266 e. The lowest BCUT2D eigenvalue weighted by Crippen LogP contribution is -2.22. The summed E-state index contributed by atoms with van der Waals surface area (Å²) in [5.41, 5.74) is 7.36. The van der Waals surface area contributed by atoms with Gasteiger partial charge in [-0.15, -0.1) is 0 Å². The van der Waals surface area contributed by atoms with Crippen molar-refractivity contribution in [1.82, 2.24) is 10.1 Å². The maximum absolute atomic E-state index is 5.81. The van der Waals surface area contributed by atoms with E-state index in [0.717, 1.165) is 22.2 Å². The van der Waals surface area contributed by atoms with Gasteiger partial charge < -0.3 is 15.2 Å². The van der Waals surface area contributed by atoms with E-state index >= 15 is 0 Å². The minimum absolute atomic E-state index is 0.502. The van der Waals surface area contributed by atoms with E-state index < -0.39 is 0 Å². The fourth-order valence-corrected chi connectivity index (χ4v) is 2.40. The minimum Gasteiger partial charge on any atom is -0.399 e. The van der Waals surface area contributed by atoms with Gasteiger partial charge >= 0.3 is 0 Å². The highest BCUT2D eigenvalue weighted by molar-refractivity contribution is 14.1. The van der Waals surface area contributed by atoms with Gasteiger partial charge in [-0.2, -0.15) is 4.98 Å². The van der Waals surface area contributed by atoms with Crippen LogP contribution in [0, 0.1) is 3.57 Å². The van der Waals surface area contributed by atoms with Gasteiger partial charge in [0.2, 0.25) is 0 Å². The molecule has 0 fully saturated rings. The van der Waals surface area contributed by atoms with Crippen LogP contribution in [0.2, 0.25) is 0 Å². The highest BCUT2D eigenvalue weighted by Gasteiger charge is 2.13. The van der Waals surface area contributed by atoms with Crippen LogP contribution in [0.4, 0.5) is 11.6 Å². The maximum atomic E-state index is 5.81. The van der Waals surface area contributed by atoms with E-state index in [2.05, 4.69) is 46.6 Å². The third-order valence-electron chi connectivity index (χ3n) is 2.63. The van der Waals surface area contributed by atoms with E-state index in [1.165, 1.54) is 0 Å². The van der Waals surface area contributed by atoms with Crippen LogP contribution in [-0.2, 0) is 0 Å². The average Bonchev–Trinajstić information content (AvgIpc) is 2.79. The van der Waals surface area contributed by atoms with Crippen molar-refractivity contribution in [3.63, 3.8) is 0 Å². The summed E-state index contributed by atoms with van der Waals surface area (Å²) in [5.74, 6) is 1.12. The number of hydrogen-bond donors (Lipinski definition) is 1. The fourth-order valence-electron chi connectivity index (χ4n) is 1.70. The molecule has 96 valence electrons. The van der Waals surface area contributed by atoms with Gasteiger partial charge in [-0.25, -0.2) is 0 Å². The van der Waals surface area contributed by atoms with Crippen molar-refractivity contribution >= 4 is 34.2 Å². The van der Waals surface area contributed by atoms with Crippen LogP contribution in [0.3, 0.4) is 0 Å². The van der Waals surface area contributed by atoms with E-state index in [1.54, 1.807) is 0 Å². The SMILES string of the molecule is CCN(CC)c1noc(-c2cc(N)cc(I)c2)n1. The Bertz CT molecular complexity index is 516. The second-order valence-electron chi connectivity index (χ2n) is 3.85. The molecule has 0 aliphatic rings. The summed E-state index contributed by atoms with van der Waals surface area (Å²) in [6, 6.07) is 5.70. The molecule has 2 rings (SSSR count). The molecule has 0 saturated carbocycles. The lowest BCUT2D eigenvalue weighted by atomic mass is 10.2. The topological polar surface area (TPSA) is 68.2 Å². The summed E-state index contributed by atoms with van der Waals surface area (Å²) >= 11 is 2.21. The van der Waals surface area contributed by atoms with Crippen molar-refractivity contribution in [3.05, 3.63) is 21.8 Å². The molecule has 2 N–H and O–H groups in total. The normalized spacial score (nSPS) is 10.6. The molecule has 0 atom stereocenters. The Morgan fingerprint density at radius 1 is 1.28 bits per heavy atom. The molecule has 5 nitrogen and oxygen atoms in total. The first-order valence-corrected chi connectivity index (χ1v) is 6.87. The quantitative estimate of drug-likeness (QED) is 0.673. The van der Waals surface area contributed by atoms with Gasteiger partial charge in [0, 0.05) is 27.9 Å². The number of aromatic nitrogens is 2. The first kappa shape index (κ1) is 13.1. The highest BCUT2D eigenvalue weighted by Crippen LogP contribution is 2.24. The molecule has 1 heterocycles. The number of hydrogen-bond acceptors (Lipinski definition) is 5. The summed E-state index contributed by atoms with van der Waals surface area (Å²) in [6.45, 7) is 5.82. The second-order valence-corrected chi connectivity index (χ2v) is 5.09. The van der Waals surface area contributed by atoms with Crippen LogP contribution >= 0.6 is 22.6 Å². The number of rotatable bonds is 4. The Labute approximate surface area is 119 Å². The van der Waals surface area contributed by atoms with Crippen molar-refractivity contribution < 1.29 is 4.52 Å². The summed E-state index contributed by atoms with van der Waals surface area (Å²) in [5, 5.41) is 3.99. The molecule has 0 amide bonds. The smallest absolute Gasteiger partial charge is 0.266 e. The van der Waals surface area contributed by atoms with Crippen LogP contribution in [0.25, 0.3) is 11.5 Å². The van der Waals surface area contributed by atoms with Crippen molar-refractivity contribution in [3.8, 4) is 11.5 Å². The van der Waals surface area contributed by atoms with Crippen LogP contribution in [0.15, 0.2) is 22.7 Å². The molecule has 6 heteroatoms. The first-order chi connectivity index (χ1) is 8.63. The molecule has 2 aromatic rings. The van der Waals surface area contributed by atoms with Gasteiger partial charge in [0.1, 0.15) is 0 Å². The molecule has 1 aromatic carbocycles. The predicted molar refractivity (Wildman–Crippen MR) is 80.4 cm³/mol. The Morgan fingerprint density at radius 3 is 2.61 bits per heavy atom. The van der Waals surface area contributed by atoms with Crippen molar-refractivity contribution in [2.45, 2.75) is 13.8 Å². The molecule has 0 aliphatic heterocycles. The van der Waals surface area contributed by atoms with E-state index in [1.807, 2.05) is 23.1 Å². The molecule has 0 unspecified atom stereocenters. The summed E-state index contributed by atoms with van der Waals surface area (Å²) < 4.78 is 6.33. The second kappa shape index (κ2) is 5.55. The number of benzene rings is 1. The van der Waals surface area contributed by atoms with Crippen LogP contribution in [-0.4, -0.2) is 23.2 Å². The Balaban J connectivity index is 2.34. The lowest BCUT2D eigenvalue weighted by Gasteiger charge is -2.14. The van der Waals surface area contributed by atoms with Crippen LogP contribution < -0.4 is 10.6 Å². The Hall–Kier alpha value is -1.31. The molecule has 0 saturated heterocycles. The molecular weight excluding hydrogens is 343 g/mol. The molecule has 0 bridgehead atoms. The van der Waals surface area contributed by atoms with Gasteiger partial charge in [-0.1, -0.05) is 0 Å². The predicted octanol–water partition coefficient (Wildman–Crippen LogP) is 2.77. The zero-order valence-electron chi connectivity index (χ0n) is 10.4. The third kappa shape index (κ3) is 2.74. The summed E-state index contributed by atoms with van der Waals surface area (Å²) in [4.78, 5) is 6.43. The van der Waals surface area contributed by atoms with E-state index in [9.17, 15) is 0 Å². The van der Waals surface area contributed by atoms with Gasteiger partial charge in [-0.05, 0) is 59.8 Å². The Morgan fingerprint density at radius 2 is 2.00 bits per heavy atom. The summed E-state index contributed by atoms with van der Waals surface area (Å²) in [7, 11) is 0. The molecule has 0 spiro atoms. The highest BCUT2D eigenvalue weighted by atomic mass is 127. The Kier molecular flexibility index (Phi) is 4.05. The standard InChI is InChI=1S/C12H15IN4O/c1-3-17(4-2)12-15-11(18-16-12)8-5-9(13)7-10(14)6-8/h5-7H,3-4,14H2,1-2H3. The number of anilines is 2. The van der Waals surface area contributed by atoms with Gasteiger partial charge in [0.15, 0.2) is 0 Å². The zero-order valence-corrected chi connectivity index (χ0v) is 12.5. The number of nitrogens with zero attached hydrogens (tertiary/aromatic N) is 3. The van der Waals surface area contributed by atoms with Crippen LogP contribution in [0.5, 0.6) is 0 Å². The number of nitrogens with two attached hydrogens (primary N) is 1. The largest absolute Gasteiger partial charge is 0.399 e. The van der Waals surface area contributed by atoms with Crippen molar-refractivity contribution in [2.75, 3.05) is 23.7 Å². The number of nitrogen functional groups attached to an aromatic ring is 1. The third-order valence-corrected chi connectivity index (χ3v) is 3.25. The lowest BCUT2D eigenvalue weighted by molar-refractivity contribution is 0.429. The van der Waals surface area contributed by atoms with Crippen molar-refractivity contribution in [1.29, 1.82) is 0 Å². The van der Waals surface area contributed by atoms with Gasteiger partial charge in [-0.3, -0.25) is 0 Å². The first-order valence-electron chi connectivity index (χ1n) is 5.79. The molecule has 0 aliphatic carbocycles. The van der Waals surface area contributed by atoms with E-state index in [0.29, 0.717) is 17.5 Å². The fraction of sp³-hybridized carbons (Fsp3) is 0.333. The van der Waals surface area contributed by atoms with Gasteiger partial charge in [0.25, 0.3) is 11.8 Å². The minimum atomic E-state index is 0.502. The molecular formula is C12H15IN4O. The summed E-state index contributed by atoms with van der Waals surface area (Å²) in [6.07, 6.45) is 0. The number of halogens is 1. The average molecular weight is 358 g/mol. The van der Waals surface area contributed by atoms with Crippen molar-refractivity contribution in [2.24, 2.45) is 0 Å².